The topological polar surface area (TPSA) is 76.1 Å². The van der Waals surface area contributed by atoms with Crippen molar-refractivity contribution in [3.05, 3.63) is 47.3 Å². The predicted molar refractivity (Wildman–Crippen MR) is 94.6 cm³/mol. The summed E-state index contributed by atoms with van der Waals surface area (Å²) in [7, 11) is 1.64. The van der Waals surface area contributed by atoms with E-state index in [1.807, 2.05) is 31.2 Å². The highest BCUT2D eigenvalue weighted by Crippen LogP contribution is 2.17. The summed E-state index contributed by atoms with van der Waals surface area (Å²) in [6.07, 6.45) is 1.67. The van der Waals surface area contributed by atoms with Crippen LogP contribution in [0.3, 0.4) is 0 Å². The van der Waals surface area contributed by atoms with Gasteiger partial charge in [0, 0.05) is 18.8 Å². The number of para-hydroxylation sites is 1. The van der Waals surface area contributed by atoms with Crippen LogP contribution >= 0.6 is 0 Å². The molecule has 2 rings (SSSR count). The molecule has 0 aliphatic carbocycles. The molecule has 0 atom stereocenters. The summed E-state index contributed by atoms with van der Waals surface area (Å²) in [5, 5.41) is 6.01. The Labute approximate surface area is 142 Å². The molecule has 1 heterocycles. The molecule has 0 aliphatic rings. The largest absolute Gasteiger partial charge is 0.496 e. The molecule has 0 saturated carbocycles. The first-order valence-electron chi connectivity index (χ1n) is 8.13. The van der Waals surface area contributed by atoms with Crippen LogP contribution in [0.4, 0.5) is 5.95 Å². The van der Waals surface area contributed by atoms with Crippen molar-refractivity contribution in [3.63, 3.8) is 0 Å². The summed E-state index contributed by atoms with van der Waals surface area (Å²) in [5.41, 5.74) is 2.20. The Morgan fingerprint density at radius 2 is 2.00 bits per heavy atom. The molecule has 0 bridgehead atoms. The number of methoxy groups -OCH3 is 1. The lowest BCUT2D eigenvalue weighted by atomic mass is 10.1. The first kappa shape index (κ1) is 17.7. The number of nitrogens with one attached hydrogen (secondary N) is 2. The predicted octanol–water partition coefficient (Wildman–Crippen LogP) is 2.59. The van der Waals surface area contributed by atoms with E-state index in [9.17, 15) is 4.79 Å². The van der Waals surface area contributed by atoms with Gasteiger partial charge in [-0.15, -0.1) is 0 Å². The molecule has 2 N–H and O–H groups in total. The summed E-state index contributed by atoms with van der Waals surface area (Å²) in [6, 6.07) is 9.48. The second kappa shape index (κ2) is 8.86. The van der Waals surface area contributed by atoms with Crippen LogP contribution in [-0.2, 0) is 6.42 Å². The minimum absolute atomic E-state index is 0.199. The van der Waals surface area contributed by atoms with Crippen molar-refractivity contribution in [2.75, 3.05) is 25.5 Å². The fourth-order valence-corrected chi connectivity index (χ4v) is 2.31. The van der Waals surface area contributed by atoms with Crippen LogP contribution in [0, 0.1) is 6.92 Å². The van der Waals surface area contributed by atoms with Gasteiger partial charge in [-0.25, -0.2) is 9.97 Å². The maximum Gasteiger partial charge on any atom is 0.270 e. The fourth-order valence-electron chi connectivity index (χ4n) is 2.31. The third-order valence-corrected chi connectivity index (χ3v) is 3.49. The minimum Gasteiger partial charge on any atom is -0.496 e. The number of nitrogens with zero attached hydrogens (tertiary/aromatic N) is 2. The summed E-state index contributed by atoms with van der Waals surface area (Å²) in [6.45, 7) is 5.21. The lowest BCUT2D eigenvalue weighted by Gasteiger charge is -2.10. The number of hydrogen-bond donors (Lipinski definition) is 2. The minimum atomic E-state index is -0.199. The summed E-state index contributed by atoms with van der Waals surface area (Å²) >= 11 is 0. The normalized spacial score (nSPS) is 10.3. The molecule has 0 spiro atoms. The lowest BCUT2D eigenvalue weighted by molar-refractivity contribution is 0.0949. The zero-order valence-corrected chi connectivity index (χ0v) is 14.4. The van der Waals surface area contributed by atoms with Gasteiger partial charge in [0.2, 0.25) is 5.95 Å². The van der Waals surface area contributed by atoms with Gasteiger partial charge in [0.25, 0.3) is 5.91 Å². The molecule has 1 amide bonds. The number of amides is 1. The van der Waals surface area contributed by atoms with Gasteiger partial charge < -0.3 is 15.4 Å². The lowest BCUT2D eigenvalue weighted by Crippen LogP contribution is -2.27. The molecule has 0 unspecified atom stereocenters. The smallest absolute Gasteiger partial charge is 0.270 e. The van der Waals surface area contributed by atoms with Gasteiger partial charge in [-0.2, -0.15) is 0 Å². The molecular formula is C18H24N4O2. The van der Waals surface area contributed by atoms with Crippen LogP contribution in [0.1, 0.15) is 35.1 Å². The third-order valence-electron chi connectivity index (χ3n) is 3.49. The van der Waals surface area contributed by atoms with Crippen molar-refractivity contribution >= 4 is 11.9 Å². The Morgan fingerprint density at radius 3 is 2.75 bits per heavy atom. The molecule has 2 aromatic rings. The molecule has 0 aliphatic heterocycles. The Balaban J connectivity index is 1.96. The molecular weight excluding hydrogens is 304 g/mol. The third kappa shape index (κ3) is 4.94. The Morgan fingerprint density at radius 1 is 1.21 bits per heavy atom. The standard InChI is InChI=1S/C18H24N4O2/c1-4-10-20-18-21-13(2)12-15(22-18)17(23)19-11-9-14-7-5-6-8-16(14)24-3/h5-8,12H,4,9-11H2,1-3H3,(H,19,23)(H,20,21,22). The van der Waals surface area contributed by atoms with Crippen molar-refractivity contribution in [2.45, 2.75) is 26.7 Å². The number of carbonyl (C=O) groups excluding carboxylic acids is 1. The molecule has 0 fully saturated rings. The number of anilines is 1. The number of rotatable bonds is 8. The number of ether oxygens (including phenoxy) is 1. The molecule has 6 heteroatoms. The number of aromatic nitrogens is 2. The van der Waals surface area contributed by atoms with E-state index in [4.69, 9.17) is 4.74 Å². The van der Waals surface area contributed by atoms with Gasteiger partial charge in [-0.3, -0.25) is 4.79 Å². The van der Waals surface area contributed by atoms with Gasteiger partial charge in [-0.05, 0) is 37.5 Å². The van der Waals surface area contributed by atoms with Gasteiger partial charge in [0.05, 0.1) is 7.11 Å². The highest BCUT2D eigenvalue weighted by Gasteiger charge is 2.10. The van der Waals surface area contributed by atoms with E-state index in [1.54, 1.807) is 13.2 Å². The van der Waals surface area contributed by atoms with E-state index < -0.39 is 0 Å². The second-order valence-corrected chi connectivity index (χ2v) is 5.46. The van der Waals surface area contributed by atoms with Crippen LogP contribution in [0.5, 0.6) is 5.75 Å². The number of hydrogen-bond acceptors (Lipinski definition) is 5. The quantitative estimate of drug-likeness (QED) is 0.779. The molecule has 6 nitrogen and oxygen atoms in total. The Kier molecular flexibility index (Phi) is 6.54. The monoisotopic (exact) mass is 328 g/mol. The average Bonchev–Trinajstić information content (AvgIpc) is 2.59. The second-order valence-electron chi connectivity index (χ2n) is 5.46. The maximum atomic E-state index is 12.3. The molecule has 24 heavy (non-hydrogen) atoms. The summed E-state index contributed by atoms with van der Waals surface area (Å²) in [4.78, 5) is 20.9. The Bertz CT molecular complexity index is 688. The van der Waals surface area contributed by atoms with Gasteiger partial charge in [-0.1, -0.05) is 25.1 Å². The molecule has 0 radical (unpaired) electrons. The summed E-state index contributed by atoms with van der Waals surface area (Å²) < 4.78 is 5.31. The number of aryl methyl sites for hydroxylation is 1. The van der Waals surface area contributed by atoms with Crippen LogP contribution in [-0.4, -0.2) is 36.1 Å². The van der Waals surface area contributed by atoms with Crippen LogP contribution in [0.15, 0.2) is 30.3 Å². The van der Waals surface area contributed by atoms with E-state index in [0.717, 1.165) is 30.0 Å². The molecule has 0 saturated heterocycles. The van der Waals surface area contributed by atoms with Crippen molar-refractivity contribution < 1.29 is 9.53 Å². The van der Waals surface area contributed by atoms with Crippen LogP contribution < -0.4 is 15.4 Å². The van der Waals surface area contributed by atoms with Gasteiger partial charge >= 0.3 is 0 Å². The van der Waals surface area contributed by atoms with E-state index in [2.05, 4.69) is 27.5 Å². The number of carbonyl (C=O) groups is 1. The van der Waals surface area contributed by atoms with Crippen LogP contribution in [0.2, 0.25) is 0 Å². The van der Waals surface area contributed by atoms with Crippen molar-refractivity contribution in [2.24, 2.45) is 0 Å². The highest BCUT2D eigenvalue weighted by molar-refractivity contribution is 5.92. The first-order valence-corrected chi connectivity index (χ1v) is 8.13. The highest BCUT2D eigenvalue weighted by atomic mass is 16.5. The molecule has 1 aromatic carbocycles. The maximum absolute atomic E-state index is 12.3. The zero-order valence-electron chi connectivity index (χ0n) is 14.4. The number of benzene rings is 1. The molecule has 128 valence electrons. The fraction of sp³-hybridized carbons (Fsp3) is 0.389. The summed E-state index contributed by atoms with van der Waals surface area (Å²) in [5.74, 6) is 1.12. The van der Waals surface area contributed by atoms with Crippen molar-refractivity contribution in [1.82, 2.24) is 15.3 Å². The van der Waals surface area contributed by atoms with Gasteiger partial charge in [0.15, 0.2) is 0 Å². The SMILES string of the molecule is CCCNc1nc(C)cc(C(=O)NCCc2ccccc2OC)n1. The van der Waals surface area contributed by atoms with Crippen molar-refractivity contribution in [1.29, 1.82) is 0 Å². The van der Waals surface area contributed by atoms with Crippen molar-refractivity contribution in [3.8, 4) is 5.75 Å². The molecule has 1 aromatic heterocycles. The average molecular weight is 328 g/mol. The van der Waals surface area contributed by atoms with Crippen LogP contribution in [0.25, 0.3) is 0 Å². The van der Waals surface area contributed by atoms with E-state index in [1.165, 1.54) is 0 Å². The van der Waals surface area contributed by atoms with Gasteiger partial charge in [0.1, 0.15) is 11.4 Å². The zero-order chi connectivity index (χ0) is 17.4. The first-order chi connectivity index (χ1) is 11.6. The van der Waals surface area contributed by atoms with E-state index in [-0.39, 0.29) is 5.91 Å². The van der Waals surface area contributed by atoms with E-state index >= 15 is 0 Å². The van der Waals surface area contributed by atoms with E-state index in [0.29, 0.717) is 24.6 Å². The Hall–Kier alpha value is -2.63.